The fourth-order valence-electron chi connectivity index (χ4n) is 8.13. The number of carbonyl (C=O) groups excluding carboxylic acids is 1. The lowest BCUT2D eigenvalue weighted by molar-refractivity contribution is -0.134. The molecule has 2 aliphatic carbocycles. The molecule has 6 heteroatoms. The molecule has 2 aliphatic heterocycles. The molecule has 0 amide bonds. The number of allylic oxidation sites excluding steroid dienone is 1. The number of ether oxygens (including phenoxy) is 2. The van der Waals surface area contributed by atoms with Crippen LogP contribution in [0.1, 0.15) is 71.8 Å². The highest BCUT2D eigenvalue weighted by Gasteiger charge is 2.77. The van der Waals surface area contributed by atoms with Gasteiger partial charge in [-0.3, -0.25) is 0 Å². The molecule has 4 aliphatic rings. The molecule has 2 unspecified atom stereocenters. The predicted molar refractivity (Wildman–Crippen MR) is 155 cm³/mol. The highest BCUT2D eigenvalue weighted by atomic mass is 16.7. The molecule has 39 heavy (non-hydrogen) atoms. The molecule has 1 aromatic carbocycles. The van der Waals surface area contributed by atoms with Crippen LogP contribution in [0.5, 0.6) is 0 Å². The van der Waals surface area contributed by atoms with Gasteiger partial charge in [-0.25, -0.2) is 4.79 Å². The highest BCUT2D eigenvalue weighted by molar-refractivity contribution is 6.46. The summed E-state index contributed by atoms with van der Waals surface area (Å²) in [4.78, 5) is 11.3. The molecule has 210 valence electrons. The third kappa shape index (κ3) is 5.09. The Balaban J connectivity index is 1.17. The third-order valence-corrected chi connectivity index (χ3v) is 10.3. The van der Waals surface area contributed by atoms with Gasteiger partial charge in [0.15, 0.2) is 0 Å². The first kappa shape index (κ1) is 28.4. The van der Waals surface area contributed by atoms with Crippen LogP contribution < -0.4 is 0 Å². The van der Waals surface area contributed by atoms with E-state index in [1.54, 1.807) is 0 Å². The van der Waals surface area contributed by atoms with Crippen LogP contribution in [-0.2, 0) is 29.2 Å². The molecule has 3 fully saturated rings. The average Bonchev–Trinajstić information content (AvgIpc) is 3.44. The van der Waals surface area contributed by atoms with Gasteiger partial charge in [0.1, 0.15) is 5.60 Å². The van der Waals surface area contributed by atoms with Gasteiger partial charge in [0.2, 0.25) is 0 Å². The summed E-state index contributed by atoms with van der Waals surface area (Å²) in [5, 5.41) is 0. The second-order valence-electron chi connectivity index (χ2n) is 13.1. The Kier molecular flexibility index (Phi) is 8.02. The van der Waals surface area contributed by atoms with Crippen LogP contribution in [0.15, 0.2) is 66.8 Å². The number of benzene rings is 1. The Labute approximate surface area is 235 Å². The monoisotopic (exact) mass is 532 g/mol. The predicted octanol–water partition coefficient (Wildman–Crippen LogP) is 7.05. The van der Waals surface area contributed by atoms with E-state index in [1.165, 1.54) is 37.2 Å². The minimum atomic E-state index is -0.381. The summed E-state index contributed by atoms with van der Waals surface area (Å²) >= 11 is 0. The maximum Gasteiger partial charge on any atom is 0.462 e. The zero-order valence-electron chi connectivity index (χ0n) is 24.4. The summed E-state index contributed by atoms with van der Waals surface area (Å²) in [6, 6.07) is 10.8. The Morgan fingerprint density at radius 1 is 1.26 bits per heavy atom. The fraction of sp³-hybridized carbons (Fsp3) is 0.606. The zero-order valence-corrected chi connectivity index (χ0v) is 24.4. The number of hydrogen-bond acceptors (Lipinski definition) is 5. The number of carbonyl (C=O) groups is 1. The van der Waals surface area contributed by atoms with Crippen molar-refractivity contribution in [1.29, 1.82) is 0 Å². The van der Waals surface area contributed by atoms with E-state index in [4.69, 9.17) is 14.0 Å². The highest BCUT2D eigenvalue weighted by Crippen LogP contribution is 2.75. The van der Waals surface area contributed by atoms with Crippen LogP contribution >= 0.6 is 0 Å². The van der Waals surface area contributed by atoms with E-state index < -0.39 is 0 Å². The van der Waals surface area contributed by atoms with Crippen molar-refractivity contribution in [2.75, 3.05) is 7.11 Å². The number of hydrogen-bond donors (Lipinski definition) is 0. The molecule has 0 radical (unpaired) electrons. The topological polar surface area (TPSA) is 54.0 Å². The molecular weight excluding hydrogens is 487 g/mol. The van der Waals surface area contributed by atoms with Crippen LogP contribution in [0.4, 0.5) is 0 Å². The molecule has 2 saturated carbocycles. The fourth-order valence-corrected chi connectivity index (χ4v) is 8.13. The molecule has 1 aromatic rings. The summed E-state index contributed by atoms with van der Waals surface area (Å²) in [6.07, 6.45) is 14.4. The normalized spacial score (nSPS) is 35.4. The van der Waals surface area contributed by atoms with Crippen LogP contribution in [0.25, 0.3) is 0 Å². The van der Waals surface area contributed by atoms with Crippen molar-refractivity contribution in [3.05, 3.63) is 72.4 Å². The largest absolute Gasteiger partial charge is 0.466 e. The van der Waals surface area contributed by atoms with Gasteiger partial charge in [0.05, 0.1) is 25.4 Å². The lowest BCUT2D eigenvalue weighted by atomic mass is 9.69. The Hall–Kier alpha value is -2.15. The van der Waals surface area contributed by atoms with Crippen LogP contribution in [0.3, 0.4) is 0 Å². The molecule has 5 nitrogen and oxygen atoms in total. The average molecular weight is 533 g/mol. The Morgan fingerprint density at radius 2 is 2.03 bits per heavy atom. The van der Waals surface area contributed by atoms with Gasteiger partial charge < -0.3 is 18.8 Å². The summed E-state index contributed by atoms with van der Waals surface area (Å²) in [6.45, 7) is 14.0. The van der Waals surface area contributed by atoms with Crippen molar-refractivity contribution in [1.82, 2.24) is 0 Å². The summed E-state index contributed by atoms with van der Waals surface area (Å²) in [5.74, 6) is 0.542. The molecule has 5 rings (SSSR count). The van der Waals surface area contributed by atoms with E-state index in [1.807, 2.05) is 6.08 Å². The van der Waals surface area contributed by atoms with Crippen molar-refractivity contribution >= 4 is 13.1 Å². The Morgan fingerprint density at radius 3 is 2.77 bits per heavy atom. The van der Waals surface area contributed by atoms with Gasteiger partial charge in [-0.05, 0) is 61.3 Å². The van der Waals surface area contributed by atoms with Crippen molar-refractivity contribution in [3.63, 3.8) is 0 Å². The first-order valence-corrected chi connectivity index (χ1v) is 14.7. The van der Waals surface area contributed by atoms with E-state index in [0.717, 1.165) is 25.6 Å². The molecule has 1 saturated heterocycles. The third-order valence-electron chi connectivity index (χ3n) is 10.3. The van der Waals surface area contributed by atoms with Crippen molar-refractivity contribution in [2.24, 2.45) is 22.7 Å². The van der Waals surface area contributed by atoms with E-state index in [0.29, 0.717) is 18.3 Å². The molecule has 0 N–H and O–H groups in total. The number of fused-ring (bicyclic) bond motifs is 5. The van der Waals surface area contributed by atoms with Crippen molar-refractivity contribution < 1.29 is 23.6 Å². The van der Waals surface area contributed by atoms with Crippen molar-refractivity contribution in [2.45, 2.75) is 96.5 Å². The second-order valence-corrected chi connectivity index (χ2v) is 13.1. The zero-order chi connectivity index (χ0) is 27.8. The van der Waals surface area contributed by atoms with Gasteiger partial charge >= 0.3 is 13.1 Å². The minimum absolute atomic E-state index is 0.00471. The molecule has 0 spiro atoms. The summed E-state index contributed by atoms with van der Waals surface area (Å²) < 4.78 is 24.8. The SMILES string of the molecule is C=C(CB1O[C@H]2C3(C)CCC(C3(C)C)[C@@]2(c2ccccc2)O1)C[C@H](C)C[C@@H]1CC=C[C@@H](C/C=C\C(=O)OC)O1. The van der Waals surface area contributed by atoms with Gasteiger partial charge in [-0.15, -0.1) is 6.58 Å². The van der Waals surface area contributed by atoms with E-state index >= 15 is 0 Å². The summed E-state index contributed by atoms with van der Waals surface area (Å²) in [7, 11) is 1.13. The van der Waals surface area contributed by atoms with Crippen LogP contribution in [0, 0.1) is 22.7 Å². The standard InChI is InChI=1S/C33H45BO5/c1-23(21-27-16-10-14-26(37-27)15-11-17-29(35)36-6)20-24(2)22-34-38-30-32(5)19-18-28(31(32,3)4)33(30,39-34)25-12-8-7-9-13-25/h7-14,17,23,26-28,30H,2,15-16,18-22H2,1,3-6H3/b17-11-/t23-,26-,27-,28?,30-,32?,33+/m0/s1. The number of rotatable bonds is 10. The first-order chi connectivity index (χ1) is 18.6. The number of esters is 1. The maximum absolute atomic E-state index is 11.3. The number of methoxy groups -OCH3 is 1. The molecule has 7 atom stereocenters. The van der Waals surface area contributed by atoms with Gasteiger partial charge in [0.25, 0.3) is 0 Å². The second kappa shape index (κ2) is 11.0. The Bertz CT molecular complexity index is 1110. The van der Waals surface area contributed by atoms with Crippen LogP contribution in [0.2, 0.25) is 6.32 Å². The van der Waals surface area contributed by atoms with E-state index in [9.17, 15) is 4.79 Å². The smallest absolute Gasteiger partial charge is 0.462 e. The van der Waals surface area contributed by atoms with E-state index in [2.05, 4.69) is 81.5 Å². The van der Waals surface area contributed by atoms with E-state index in [-0.39, 0.29) is 47.8 Å². The lowest BCUT2D eigenvalue weighted by Crippen LogP contribution is -2.45. The molecule has 2 heterocycles. The molecular formula is C33H45BO5. The first-order valence-electron chi connectivity index (χ1n) is 14.7. The van der Waals surface area contributed by atoms with Crippen LogP contribution in [-0.4, -0.2) is 38.5 Å². The molecule has 2 bridgehead atoms. The van der Waals surface area contributed by atoms with Gasteiger partial charge in [-0.2, -0.15) is 0 Å². The summed E-state index contributed by atoms with van der Waals surface area (Å²) in [5.41, 5.74) is 2.30. The maximum atomic E-state index is 11.3. The van der Waals surface area contributed by atoms with Gasteiger partial charge in [-0.1, -0.05) is 81.8 Å². The minimum Gasteiger partial charge on any atom is -0.466 e. The molecule has 0 aromatic heterocycles. The van der Waals surface area contributed by atoms with Gasteiger partial charge in [0, 0.05) is 17.8 Å². The van der Waals surface area contributed by atoms with Crippen molar-refractivity contribution in [3.8, 4) is 0 Å². The lowest BCUT2D eigenvalue weighted by Gasteiger charge is -2.41. The quantitative estimate of drug-likeness (QED) is 0.140.